The Hall–Kier alpha value is -1.36. The summed E-state index contributed by atoms with van der Waals surface area (Å²) >= 11 is 2.01. The van der Waals surface area contributed by atoms with Gasteiger partial charge in [-0.3, -0.25) is 0 Å². The van der Waals surface area contributed by atoms with E-state index in [4.69, 9.17) is 0 Å². The van der Waals surface area contributed by atoms with Crippen LogP contribution in [0.2, 0.25) is 0 Å². The number of nitrogens with zero attached hydrogens (tertiary/aromatic N) is 2. The maximum absolute atomic E-state index is 12.3. The number of carbonyl (C=O) groups is 1. The molecule has 1 saturated heterocycles. The second kappa shape index (κ2) is 7.77. The maximum atomic E-state index is 12.3. The molecule has 4 nitrogen and oxygen atoms in total. The highest BCUT2D eigenvalue weighted by Crippen LogP contribution is 2.25. The first-order chi connectivity index (χ1) is 10.5. The van der Waals surface area contributed by atoms with E-state index in [9.17, 15) is 4.79 Å². The van der Waals surface area contributed by atoms with Crippen LogP contribution in [0, 0.1) is 6.92 Å². The molecular formula is C17H27N3OS. The SMILES string of the molecule is CCC(C)N(C)C(=O)Nc1ccc(N2CCSCC2)cc1C. The molecule has 0 radical (unpaired) electrons. The Labute approximate surface area is 138 Å². The van der Waals surface area contributed by atoms with Crippen LogP contribution in [-0.4, -0.2) is 48.6 Å². The van der Waals surface area contributed by atoms with Crippen molar-refractivity contribution in [1.82, 2.24) is 4.90 Å². The fourth-order valence-electron chi connectivity index (χ4n) is 2.48. The number of carbonyl (C=O) groups excluding carboxylic acids is 1. The zero-order valence-corrected chi connectivity index (χ0v) is 14.9. The summed E-state index contributed by atoms with van der Waals surface area (Å²) in [5, 5.41) is 3.02. The Morgan fingerprint density at radius 1 is 1.41 bits per heavy atom. The van der Waals surface area contributed by atoms with Gasteiger partial charge in [-0.05, 0) is 44.0 Å². The fourth-order valence-corrected chi connectivity index (χ4v) is 3.39. The lowest BCUT2D eigenvalue weighted by molar-refractivity contribution is 0.206. The molecule has 122 valence electrons. The van der Waals surface area contributed by atoms with Crippen LogP contribution in [0.4, 0.5) is 16.2 Å². The smallest absolute Gasteiger partial charge is 0.321 e. The third-order valence-electron chi connectivity index (χ3n) is 4.40. The van der Waals surface area contributed by atoms with Gasteiger partial charge >= 0.3 is 6.03 Å². The van der Waals surface area contributed by atoms with Crippen LogP contribution in [0.25, 0.3) is 0 Å². The molecule has 1 fully saturated rings. The average Bonchev–Trinajstić information content (AvgIpc) is 2.55. The zero-order chi connectivity index (χ0) is 16.1. The third kappa shape index (κ3) is 4.09. The number of rotatable bonds is 4. The lowest BCUT2D eigenvalue weighted by Crippen LogP contribution is -2.38. The predicted molar refractivity (Wildman–Crippen MR) is 97.3 cm³/mol. The van der Waals surface area contributed by atoms with Gasteiger partial charge in [-0.15, -0.1) is 0 Å². The monoisotopic (exact) mass is 321 g/mol. The Kier molecular flexibility index (Phi) is 6.00. The molecule has 1 aliphatic heterocycles. The summed E-state index contributed by atoms with van der Waals surface area (Å²) < 4.78 is 0. The van der Waals surface area contributed by atoms with E-state index in [1.165, 1.54) is 17.2 Å². The topological polar surface area (TPSA) is 35.6 Å². The highest BCUT2D eigenvalue weighted by molar-refractivity contribution is 7.99. The normalized spacial score (nSPS) is 16.3. The number of amides is 2. The van der Waals surface area contributed by atoms with Crippen molar-refractivity contribution in [2.45, 2.75) is 33.2 Å². The largest absolute Gasteiger partial charge is 0.370 e. The molecule has 22 heavy (non-hydrogen) atoms. The molecule has 2 rings (SSSR count). The van der Waals surface area contributed by atoms with E-state index in [2.05, 4.69) is 43.1 Å². The first kappa shape index (κ1) is 17.0. The van der Waals surface area contributed by atoms with Crippen molar-refractivity contribution < 1.29 is 4.79 Å². The summed E-state index contributed by atoms with van der Waals surface area (Å²) in [6, 6.07) is 6.51. The molecule has 0 aromatic heterocycles. The Morgan fingerprint density at radius 3 is 2.68 bits per heavy atom. The van der Waals surface area contributed by atoms with Crippen LogP contribution in [-0.2, 0) is 0 Å². The minimum Gasteiger partial charge on any atom is -0.370 e. The molecule has 5 heteroatoms. The lowest BCUT2D eigenvalue weighted by atomic mass is 10.1. The average molecular weight is 321 g/mol. The highest BCUT2D eigenvalue weighted by atomic mass is 32.2. The lowest BCUT2D eigenvalue weighted by Gasteiger charge is -2.29. The summed E-state index contributed by atoms with van der Waals surface area (Å²) in [5.41, 5.74) is 3.27. The van der Waals surface area contributed by atoms with Crippen molar-refractivity contribution in [2.75, 3.05) is 41.9 Å². The van der Waals surface area contributed by atoms with Crippen molar-refractivity contribution in [3.05, 3.63) is 23.8 Å². The van der Waals surface area contributed by atoms with Gasteiger partial charge in [0, 0.05) is 49.1 Å². The number of anilines is 2. The molecule has 2 amide bonds. The van der Waals surface area contributed by atoms with E-state index in [0.717, 1.165) is 30.8 Å². The van der Waals surface area contributed by atoms with E-state index in [1.807, 2.05) is 24.9 Å². The standard InChI is InChI=1S/C17H27N3OS/c1-5-14(3)19(4)17(21)18-16-7-6-15(12-13(16)2)20-8-10-22-11-9-20/h6-7,12,14H,5,8-11H2,1-4H3,(H,18,21). The number of hydrogen-bond donors (Lipinski definition) is 1. The van der Waals surface area contributed by atoms with Crippen LogP contribution in [0.3, 0.4) is 0 Å². The minimum atomic E-state index is -0.0421. The Morgan fingerprint density at radius 2 is 2.09 bits per heavy atom. The van der Waals surface area contributed by atoms with Gasteiger partial charge in [-0.2, -0.15) is 11.8 Å². The van der Waals surface area contributed by atoms with Gasteiger partial charge in [0.1, 0.15) is 0 Å². The summed E-state index contributed by atoms with van der Waals surface area (Å²) in [7, 11) is 1.85. The van der Waals surface area contributed by atoms with Crippen LogP contribution in [0.15, 0.2) is 18.2 Å². The van der Waals surface area contributed by atoms with Crippen LogP contribution < -0.4 is 10.2 Å². The number of urea groups is 1. The quantitative estimate of drug-likeness (QED) is 0.916. The molecule has 0 saturated carbocycles. The third-order valence-corrected chi connectivity index (χ3v) is 5.34. The first-order valence-electron chi connectivity index (χ1n) is 8.00. The first-order valence-corrected chi connectivity index (χ1v) is 9.15. The van der Waals surface area contributed by atoms with Crippen molar-refractivity contribution in [2.24, 2.45) is 0 Å². The molecule has 1 unspecified atom stereocenters. The molecule has 1 aromatic rings. The molecule has 1 aliphatic rings. The summed E-state index contributed by atoms with van der Waals surface area (Å²) in [6.07, 6.45) is 0.953. The molecule has 0 bridgehead atoms. The van der Waals surface area contributed by atoms with E-state index in [-0.39, 0.29) is 12.1 Å². The van der Waals surface area contributed by atoms with E-state index in [1.54, 1.807) is 4.90 Å². The molecule has 1 atom stereocenters. The van der Waals surface area contributed by atoms with Gasteiger partial charge in [0.25, 0.3) is 0 Å². The van der Waals surface area contributed by atoms with E-state index >= 15 is 0 Å². The van der Waals surface area contributed by atoms with Crippen molar-refractivity contribution in [3.63, 3.8) is 0 Å². The number of hydrogen-bond acceptors (Lipinski definition) is 3. The molecule has 0 spiro atoms. The number of nitrogens with one attached hydrogen (secondary N) is 1. The maximum Gasteiger partial charge on any atom is 0.321 e. The minimum absolute atomic E-state index is 0.0421. The summed E-state index contributed by atoms with van der Waals surface area (Å²) in [4.78, 5) is 16.4. The second-order valence-electron chi connectivity index (χ2n) is 5.90. The second-order valence-corrected chi connectivity index (χ2v) is 7.12. The van der Waals surface area contributed by atoms with Crippen LogP contribution in [0.1, 0.15) is 25.8 Å². The zero-order valence-electron chi connectivity index (χ0n) is 14.1. The van der Waals surface area contributed by atoms with Gasteiger partial charge in [-0.1, -0.05) is 6.92 Å². The number of benzene rings is 1. The van der Waals surface area contributed by atoms with E-state index in [0.29, 0.717) is 0 Å². The molecule has 1 N–H and O–H groups in total. The highest BCUT2D eigenvalue weighted by Gasteiger charge is 2.16. The Bertz CT molecular complexity index is 515. The molecule has 1 heterocycles. The fraction of sp³-hybridized carbons (Fsp3) is 0.588. The summed E-state index contributed by atoms with van der Waals surface area (Å²) in [5.74, 6) is 2.38. The van der Waals surface area contributed by atoms with Crippen molar-refractivity contribution >= 4 is 29.2 Å². The molecule has 0 aliphatic carbocycles. The van der Waals surface area contributed by atoms with E-state index < -0.39 is 0 Å². The van der Waals surface area contributed by atoms with Crippen molar-refractivity contribution in [1.29, 1.82) is 0 Å². The van der Waals surface area contributed by atoms with Gasteiger partial charge < -0.3 is 15.1 Å². The summed E-state index contributed by atoms with van der Waals surface area (Å²) in [6.45, 7) is 8.41. The number of thioether (sulfide) groups is 1. The molecular weight excluding hydrogens is 294 g/mol. The van der Waals surface area contributed by atoms with Gasteiger partial charge in [0.15, 0.2) is 0 Å². The van der Waals surface area contributed by atoms with Crippen LogP contribution in [0.5, 0.6) is 0 Å². The Balaban J connectivity index is 2.04. The van der Waals surface area contributed by atoms with Crippen molar-refractivity contribution in [3.8, 4) is 0 Å². The number of aryl methyl sites for hydroxylation is 1. The molecule has 1 aromatic carbocycles. The predicted octanol–water partition coefficient (Wildman–Crippen LogP) is 3.81. The van der Waals surface area contributed by atoms with Gasteiger partial charge in [0.2, 0.25) is 0 Å². The van der Waals surface area contributed by atoms with Gasteiger partial charge in [-0.25, -0.2) is 4.79 Å². The van der Waals surface area contributed by atoms with Crippen LogP contribution >= 0.6 is 11.8 Å². The van der Waals surface area contributed by atoms with Gasteiger partial charge in [0.05, 0.1) is 0 Å².